The van der Waals surface area contributed by atoms with Gasteiger partial charge in [-0.05, 0) is 0 Å². The van der Waals surface area contributed by atoms with Crippen molar-refractivity contribution in [3.8, 4) is 6.07 Å². The molecule has 0 spiro atoms. The van der Waals surface area contributed by atoms with Crippen LogP contribution in [0.1, 0.15) is 7.85 Å². The first-order valence-corrected chi connectivity index (χ1v) is 1.42. The van der Waals surface area contributed by atoms with Crippen LogP contribution in [0.4, 0.5) is 0 Å². The van der Waals surface area contributed by atoms with Gasteiger partial charge >= 0.3 is 29.6 Å². The summed E-state index contributed by atoms with van der Waals surface area (Å²) in [6.07, 6.45) is -0.181. The second-order valence-corrected chi connectivity index (χ2v) is 0.801. The third-order valence-corrected chi connectivity index (χ3v) is 0.253. The van der Waals surface area contributed by atoms with E-state index in [0.717, 1.165) is 0 Å². The van der Waals surface area contributed by atoms with Gasteiger partial charge in [0.25, 0.3) is 0 Å². The van der Waals surface area contributed by atoms with Crippen LogP contribution in [0, 0.1) is 11.3 Å². The predicted molar refractivity (Wildman–Crippen MR) is 20.5 cm³/mol. The fraction of sp³-hybridized carbons (Fsp3) is 0.333. The third-order valence-electron chi connectivity index (χ3n) is 0.253. The average Bonchev–Trinajstić information content (AvgIpc) is 1.35. The normalized spacial score (nSPS) is 5.57. The molecule has 34 valence electrons. The molecule has 0 aromatic carbocycles. The number of hydrogen-bond donors (Lipinski definition) is 1. The Kier molecular flexibility index (Phi) is 8.56. The predicted octanol–water partition coefficient (Wildman–Crippen LogP) is -3.50. The summed E-state index contributed by atoms with van der Waals surface area (Å²) in [5, 5.41) is 7.69. The molecule has 0 rings (SSSR count). The molecule has 0 radical (unpaired) electrons. The van der Waals surface area contributed by atoms with Gasteiger partial charge in [0.1, 0.15) is 6.42 Å². The van der Waals surface area contributed by atoms with E-state index in [4.69, 9.17) is 5.26 Å². The molecule has 0 aromatic rings. The summed E-state index contributed by atoms with van der Waals surface area (Å²) in [4.78, 5) is 9.60. The number of nitrogens with zero attached hydrogens (tertiary/aromatic N) is 1. The topological polar surface area (TPSA) is 66.9 Å². The van der Waals surface area contributed by atoms with Crippen LogP contribution in [0.5, 0.6) is 0 Å². The Bertz CT molecular complexity index is 99.9. The molecular weight excluding hydrogens is 103 g/mol. The van der Waals surface area contributed by atoms with Crippen molar-refractivity contribution in [1.29, 1.82) is 5.26 Å². The Hall–Kier alpha value is -0.0400. The maximum Gasteiger partial charge on any atom is 1.00 e. The minimum absolute atomic E-state index is 0. The molecule has 0 heterocycles. The number of nitriles is 1. The third kappa shape index (κ3) is 10.7. The van der Waals surface area contributed by atoms with Gasteiger partial charge in [-0.15, -0.1) is 0 Å². The van der Waals surface area contributed by atoms with Crippen molar-refractivity contribution in [3.63, 3.8) is 0 Å². The molecular formula is C3H5N2NaO. The van der Waals surface area contributed by atoms with Gasteiger partial charge in [0, 0.05) is 0 Å². The van der Waals surface area contributed by atoms with Crippen molar-refractivity contribution < 1.29 is 35.8 Å². The minimum Gasteiger partial charge on any atom is -1.00 e. The van der Waals surface area contributed by atoms with Crippen molar-refractivity contribution in [3.05, 3.63) is 0 Å². The van der Waals surface area contributed by atoms with E-state index in [9.17, 15) is 4.79 Å². The summed E-state index contributed by atoms with van der Waals surface area (Å²) in [5.74, 6) is -0.572. The van der Waals surface area contributed by atoms with Gasteiger partial charge in [-0.25, -0.2) is 0 Å². The van der Waals surface area contributed by atoms with Crippen molar-refractivity contribution in [2.24, 2.45) is 5.73 Å². The van der Waals surface area contributed by atoms with E-state index in [-0.39, 0.29) is 37.4 Å². The molecule has 0 bridgehead atoms. The van der Waals surface area contributed by atoms with Gasteiger partial charge in [-0.3, -0.25) is 4.79 Å². The Labute approximate surface area is 65.3 Å². The second-order valence-electron chi connectivity index (χ2n) is 0.801. The van der Waals surface area contributed by atoms with Crippen LogP contribution in [-0.4, -0.2) is 5.91 Å². The van der Waals surface area contributed by atoms with Gasteiger partial charge in [0.2, 0.25) is 5.91 Å². The first kappa shape index (κ1) is 10.0. The number of nitrogens with two attached hydrogens (primary N) is 1. The number of hydrogen-bond acceptors (Lipinski definition) is 2. The van der Waals surface area contributed by atoms with Gasteiger partial charge in [0.05, 0.1) is 6.07 Å². The molecule has 0 unspecified atom stereocenters. The summed E-state index contributed by atoms with van der Waals surface area (Å²) in [6, 6.07) is 1.59. The van der Waals surface area contributed by atoms with Crippen LogP contribution in [0.15, 0.2) is 0 Å². The molecule has 7 heavy (non-hydrogen) atoms. The molecule has 0 saturated carbocycles. The van der Waals surface area contributed by atoms with Crippen LogP contribution in [0.2, 0.25) is 0 Å². The summed E-state index contributed by atoms with van der Waals surface area (Å²) in [7, 11) is 0. The van der Waals surface area contributed by atoms with Gasteiger partial charge in [0.15, 0.2) is 0 Å². The molecule has 0 aliphatic heterocycles. The number of carbonyl (C=O) groups excluding carboxylic acids is 1. The quantitative estimate of drug-likeness (QED) is 0.354. The number of amides is 1. The Morgan fingerprint density at radius 3 is 2.43 bits per heavy atom. The minimum atomic E-state index is -0.572. The van der Waals surface area contributed by atoms with E-state index < -0.39 is 5.91 Å². The number of carbonyl (C=O) groups is 1. The average molecular weight is 108 g/mol. The van der Waals surface area contributed by atoms with E-state index in [0.29, 0.717) is 0 Å². The van der Waals surface area contributed by atoms with Crippen LogP contribution in [0.3, 0.4) is 0 Å². The molecule has 4 heteroatoms. The molecule has 0 atom stereocenters. The van der Waals surface area contributed by atoms with Crippen molar-refractivity contribution >= 4 is 5.91 Å². The van der Waals surface area contributed by atoms with Gasteiger partial charge in [-0.2, -0.15) is 5.26 Å². The second kappa shape index (κ2) is 5.96. The first-order valence-electron chi connectivity index (χ1n) is 1.42. The van der Waals surface area contributed by atoms with Crippen molar-refractivity contribution in [2.75, 3.05) is 0 Å². The first-order chi connectivity index (χ1) is 2.77. The van der Waals surface area contributed by atoms with Gasteiger partial charge in [-0.1, -0.05) is 0 Å². The van der Waals surface area contributed by atoms with Crippen molar-refractivity contribution in [2.45, 2.75) is 6.42 Å². The fourth-order valence-corrected chi connectivity index (χ4v) is 0.0779. The van der Waals surface area contributed by atoms with Crippen molar-refractivity contribution in [1.82, 2.24) is 0 Å². The van der Waals surface area contributed by atoms with Gasteiger partial charge < -0.3 is 7.16 Å². The van der Waals surface area contributed by atoms with Crippen LogP contribution in [-0.2, 0) is 4.79 Å². The number of primary amides is 1. The van der Waals surface area contributed by atoms with E-state index in [2.05, 4.69) is 5.73 Å². The maximum atomic E-state index is 9.60. The molecule has 2 N–H and O–H groups in total. The molecule has 0 aromatic heterocycles. The van der Waals surface area contributed by atoms with E-state index in [1.807, 2.05) is 0 Å². The largest absolute Gasteiger partial charge is 1.00 e. The zero-order chi connectivity index (χ0) is 4.99. The smallest absolute Gasteiger partial charge is 1.00 e. The Morgan fingerprint density at radius 2 is 2.43 bits per heavy atom. The molecule has 0 aliphatic rings. The van der Waals surface area contributed by atoms with E-state index in [1.54, 1.807) is 6.07 Å². The van der Waals surface area contributed by atoms with E-state index >= 15 is 0 Å². The van der Waals surface area contributed by atoms with Crippen LogP contribution >= 0.6 is 0 Å². The summed E-state index contributed by atoms with van der Waals surface area (Å²) >= 11 is 0. The zero-order valence-corrected chi connectivity index (χ0v) is 6.14. The molecule has 1 amide bonds. The summed E-state index contributed by atoms with van der Waals surface area (Å²) in [6.45, 7) is 0. The Morgan fingerprint density at radius 1 is 2.00 bits per heavy atom. The summed E-state index contributed by atoms with van der Waals surface area (Å²) in [5.41, 5.74) is 4.54. The van der Waals surface area contributed by atoms with Crippen LogP contribution < -0.4 is 35.3 Å². The molecule has 0 fully saturated rings. The summed E-state index contributed by atoms with van der Waals surface area (Å²) < 4.78 is 0. The molecule has 3 nitrogen and oxygen atoms in total. The zero-order valence-electron chi connectivity index (χ0n) is 5.14. The standard InChI is InChI=1S/C3H4N2O.Na.H/c4-2-1-3(5)6;;/h1H2,(H2,5,6);;/q;+1;-1. The SMILES string of the molecule is N#CCC(N)=O.[H-].[Na+]. The van der Waals surface area contributed by atoms with E-state index in [1.165, 1.54) is 0 Å². The maximum absolute atomic E-state index is 9.60. The molecule has 0 aliphatic carbocycles. The monoisotopic (exact) mass is 108 g/mol. The molecule has 0 saturated heterocycles. The number of rotatable bonds is 1. The Balaban J connectivity index is -0.000000125. The van der Waals surface area contributed by atoms with Crippen LogP contribution in [0.25, 0.3) is 0 Å². The fourth-order valence-electron chi connectivity index (χ4n) is 0.0779.